The van der Waals surface area contributed by atoms with Gasteiger partial charge in [-0.05, 0) is 94.6 Å². The molecule has 0 N–H and O–H groups in total. The van der Waals surface area contributed by atoms with Crippen molar-refractivity contribution in [1.29, 1.82) is 0 Å². The predicted molar refractivity (Wildman–Crippen MR) is 259 cm³/mol. The van der Waals surface area contributed by atoms with Crippen molar-refractivity contribution in [3.8, 4) is 23.0 Å². The molecule has 0 aromatic heterocycles. The van der Waals surface area contributed by atoms with E-state index >= 15 is 0 Å². The monoisotopic (exact) mass is 966 g/mol. The number of carbonyl (C=O) groups is 3. The molecule has 4 atom stereocenters. The third-order valence-electron chi connectivity index (χ3n) is 10.7. The molecule has 344 valence electrons. The molecule has 2 aliphatic heterocycles. The zero-order valence-corrected chi connectivity index (χ0v) is 39.2. The van der Waals surface area contributed by atoms with Crippen LogP contribution in [-0.2, 0) is 46.5 Å². The molecule has 0 aliphatic carbocycles. The number of rotatable bonds is 14. The van der Waals surface area contributed by atoms with Crippen LogP contribution in [0.1, 0.15) is 63.0 Å². The van der Waals surface area contributed by atoms with E-state index in [9.17, 15) is 14.4 Å². The molecule has 6 aromatic carbocycles. The van der Waals surface area contributed by atoms with Crippen molar-refractivity contribution in [2.24, 2.45) is 0 Å². The van der Waals surface area contributed by atoms with Gasteiger partial charge in [-0.25, -0.2) is 4.79 Å². The minimum atomic E-state index is -0.632. The van der Waals surface area contributed by atoms with Crippen LogP contribution in [0.3, 0.4) is 0 Å². The molecule has 0 saturated heterocycles. The summed E-state index contributed by atoms with van der Waals surface area (Å²) >= 11 is 3.46. The van der Waals surface area contributed by atoms with Crippen molar-refractivity contribution < 1.29 is 52.3 Å². The summed E-state index contributed by atoms with van der Waals surface area (Å²) in [7, 11) is 5.64. The second-order valence-electron chi connectivity index (χ2n) is 15.0. The summed E-state index contributed by atoms with van der Waals surface area (Å²) in [6, 6.07) is 46.2. The van der Waals surface area contributed by atoms with Crippen LogP contribution < -0.4 is 18.9 Å². The lowest BCUT2D eigenvalue weighted by Crippen LogP contribution is -2.20. The number of allylic oxidation sites excluding steroid dienone is 1. The summed E-state index contributed by atoms with van der Waals surface area (Å²) in [6.07, 6.45) is 3.55. The number of hydrogen-bond donors (Lipinski definition) is 0. The summed E-state index contributed by atoms with van der Waals surface area (Å²) in [4.78, 5) is 36.6. The molecule has 67 heavy (non-hydrogen) atoms. The molecule has 12 heteroatoms. The SMILES string of the molecule is C=CC(=C)OC.COC(=O)/C=C/c1ccc2c(c1)[C@@H](C(=O)OC)[C@@H](c1ccc(OCc3ccccc3)cc1)O2.COC(=O)[C@@H]1c2cc(Br)ccc2O[C@@H]1c1ccc(OCc2ccccc2)cc1. The first-order valence-corrected chi connectivity index (χ1v) is 21.9. The summed E-state index contributed by atoms with van der Waals surface area (Å²) in [5.41, 5.74) is 6.22. The highest BCUT2D eigenvalue weighted by Crippen LogP contribution is 2.49. The third-order valence-corrected chi connectivity index (χ3v) is 11.2. The standard InChI is InChI=1S/C27H24O6.C23H19BrO4.C5H8O/c1-30-24(28)15-9-18-8-14-23-22(16-18)25(27(29)31-2)26(33-23)20-10-12-21(13-11-20)32-17-19-6-4-3-5-7-19;1-26-23(25)21-19-13-17(24)9-12-20(19)28-22(21)16-7-10-18(11-8-16)27-14-15-5-3-2-4-6-15;1-4-5(2)6-3/h3-16,25-26H,17H2,1-2H3;2-13,21-22H,14H2,1H3;4H,1-2H2,3H3/b15-9+;;/t25-,26-;21-,22-;/m11./s1. The number of methoxy groups -OCH3 is 4. The molecule has 0 unspecified atom stereocenters. The van der Waals surface area contributed by atoms with E-state index in [2.05, 4.69) is 38.6 Å². The van der Waals surface area contributed by atoms with E-state index in [0.29, 0.717) is 36.0 Å². The Hall–Kier alpha value is -7.57. The number of hydrogen-bond acceptors (Lipinski definition) is 11. The quantitative estimate of drug-likeness (QED) is 0.0340. The van der Waals surface area contributed by atoms with Crippen molar-refractivity contribution in [2.75, 3.05) is 28.4 Å². The molecule has 0 fully saturated rings. The Morgan fingerprint density at radius 2 is 1.04 bits per heavy atom. The van der Waals surface area contributed by atoms with Crippen LogP contribution in [-0.4, -0.2) is 46.3 Å². The first-order valence-electron chi connectivity index (χ1n) is 21.1. The maximum Gasteiger partial charge on any atom is 0.330 e. The normalized spacial score (nSPS) is 16.1. The molecule has 11 nitrogen and oxygen atoms in total. The molecular weight excluding hydrogens is 916 g/mol. The molecule has 0 bridgehead atoms. The number of esters is 3. The summed E-state index contributed by atoms with van der Waals surface area (Å²) < 4.78 is 44.2. The first kappa shape index (κ1) is 48.9. The van der Waals surface area contributed by atoms with Crippen molar-refractivity contribution in [1.82, 2.24) is 0 Å². The highest BCUT2D eigenvalue weighted by Gasteiger charge is 2.42. The van der Waals surface area contributed by atoms with Gasteiger partial charge in [-0.1, -0.05) is 120 Å². The minimum absolute atomic E-state index is 0.314. The number of halogens is 1. The average molecular weight is 968 g/mol. The molecule has 0 spiro atoms. The number of ether oxygens (including phenoxy) is 8. The molecule has 8 rings (SSSR count). The van der Waals surface area contributed by atoms with Crippen LogP contribution in [0.25, 0.3) is 6.08 Å². The van der Waals surface area contributed by atoms with Gasteiger partial charge in [-0.15, -0.1) is 0 Å². The number of fused-ring (bicyclic) bond motifs is 2. The van der Waals surface area contributed by atoms with Gasteiger partial charge in [0.15, 0.2) is 0 Å². The summed E-state index contributed by atoms with van der Waals surface area (Å²) in [5.74, 6) is 1.11. The Bertz CT molecular complexity index is 2650. The molecule has 0 saturated carbocycles. The van der Waals surface area contributed by atoms with Crippen LogP contribution >= 0.6 is 15.9 Å². The van der Waals surface area contributed by atoms with Gasteiger partial charge < -0.3 is 37.9 Å². The molecule has 6 aromatic rings. The molecule has 2 heterocycles. The van der Waals surface area contributed by atoms with Gasteiger partial charge in [0.05, 0.1) is 28.4 Å². The second-order valence-corrected chi connectivity index (χ2v) is 15.9. The number of carbonyl (C=O) groups excluding carboxylic acids is 3. The van der Waals surface area contributed by atoms with Gasteiger partial charge in [0, 0.05) is 21.7 Å². The lowest BCUT2D eigenvalue weighted by molar-refractivity contribution is -0.145. The van der Waals surface area contributed by atoms with Crippen molar-refractivity contribution in [2.45, 2.75) is 37.3 Å². The Labute approximate surface area is 399 Å². The highest BCUT2D eigenvalue weighted by molar-refractivity contribution is 9.10. The average Bonchev–Trinajstić information content (AvgIpc) is 3.96. The third kappa shape index (κ3) is 13.0. The van der Waals surface area contributed by atoms with E-state index < -0.39 is 36.0 Å². The van der Waals surface area contributed by atoms with Gasteiger partial charge in [-0.3, -0.25) is 9.59 Å². The minimum Gasteiger partial charge on any atom is -0.497 e. The fourth-order valence-electron chi connectivity index (χ4n) is 7.21. The summed E-state index contributed by atoms with van der Waals surface area (Å²) in [6.45, 7) is 7.83. The van der Waals surface area contributed by atoms with Gasteiger partial charge >= 0.3 is 17.9 Å². The maximum atomic E-state index is 12.7. The van der Waals surface area contributed by atoms with E-state index in [0.717, 1.165) is 49.4 Å². The smallest absolute Gasteiger partial charge is 0.330 e. The molecule has 0 radical (unpaired) electrons. The Balaban J connectivity index is 0.000000199. The first-order chi connectivity index (χ1) is 32.5. The lowest BCUT2D eigenvalue weighted by Gasteiger charge is -2.18. The Morgan fingerprint density at radius 1 is 0.582 bits per heavy atom. The second kappa shape index (κ2) is 24.1. The van der Waals surface area contributed by atoms with Crippen molar-refractivity contribution in [3.05, 3.63) is 220 Å². The topological polar surface area (TPSA) is 125 Å². The van der Waals surface area contributed by atoms with Gasteiger partial charge in [-0.2, -0.15) is 0 Å². The van der Waals surface area contributed by atoms with Crippen LogP contribution in [0, 0.1) is 0 Å². The van der Waals surface area contributed by atoms with Gasteiger partial charge in [0.2, 0.25) is 0 Å². The molecule has 0 amide bonds. The fraction of sp³-hybridized carbons (Fsp3) is 0.182. The van der Waals surface area contributed by atoms with Gasteiger partial charge in [0.1, 0.15) is 66.0 Å². The van der Waals surface area contributed by atoms with Crippen LogP contribution in [0.15, 0.2) is 181 Å². The predicted octanol–water partition coefficient (Wildman–Crippen LogP) is 11.6. The van der Waals surface area contributed by atoms with Crippen LogP contribution in [0.5, 0.6) is 23.0 Å². The fourth-order valence-corrected chi connectivity index (χ4v) is 7.59. The zero-order chi connectivity index (χ0) is 47.7. The van der Waals surface area contributed by atoms with E-state index in [4.69, 9.17) is 28.4 Å². The molecule has 2 aliphatic rings. The zero-order valence-electron chi connectivity index (χ0n) is 37.6. The van der Waals surface area contributed by atoms with Crippen LogP contribution in [0.4, 0.5) is 0 Å². The number of benzene rings is 6. The largest absolute Gasteiger partial charge is 0.497 e. The highest BCUT2D eigenvalue weighted by atomic mass is 79.9. The van der Waals surface area contributed by atoms with E-state index in [-0.39, 0.29) is 5.97 Å². The van der Waals surface area contributed by atoms with E-state index in [1.54, 1.807) is 25.3 Å². The Morgan fingerprint density at radius 3 is 1.46 bits per heavy atom. The van der Waals surface area contributed by atoms with Crippen LogP contribution in [0.2, 0.25) is 0 Å². The van der Waals surface area contributed by atoms with Crippen molar-refractivity contribution in [3.63, 3.8) is 0 Å². The van der Waals surface area contributed by atoms with E-state index in [1.807, 2.05) is 140 Å². The van der Waals surface area contributed by atoms with E-state index in [1.165, 1.54) is 27.4 Å². The Kier molecular flexibility index (Phi) is 17.6. The van der Waals surface area contributed by atoms with Gasteiger partial charge in [0.25, 0.3) is 0 Å². The lowest BCUT2D eigenvalue weighted by atomic mass is 9.90. The summed E-state index contributed by atoms with van der Waals surface area (Å²) in [5, 5.41) is 0. The van der Waals surface area contributed by atoms with Crippen molar-refractivity contribution >= 4 is 39.9 Å². The molecular formula is C55H51BrO11. The maximum absolute atomic E-state index is 12.7.